The number of para-hydroxylation sites is 1. The van der Waals surface area contributed by atoms with Crippen molar-refractivity contribution in [3.8, 4) is 5.69 Å². The van der Waals surface area contributed by atoms with Gasteiger partial charge in [-0.2, -0.15) is 5.10 Å². The molecule has 0 aliphatic heterocycles. The van der Waals surface area contributed by atoms with Gasteiger partial charge in [0.2, 0.25) is 0 Å². The molecule has 1 unspecified atom stereocenters. The average Bonchev–Trinajstić information content (AvgIpc) is 2.87. The Balaban J connectivity index is 2.12. The van der Waals surface area contributed by atoms with E-state index in [1.807, 2.05) is 51.1 Å². The van der Waals surface area contributed by atoms with Crippen LogP contribution in [0.3, 0.4) is 0 Å². The highest BCUT2D eigenvalue weighted by Crippen LogP contribution is 2.13. The smallest absolute Gasteiger partial charge is 0.254 e. The molecular formula is C16H21N3O2. The Hall–Kier alpha value is -2.14. The molecule has 2 N–H and O–H groups in total. The first-order valence-electron chi connectivity index (χ1n) is 7.07. The van der Waals surface area contributed by atoms with Crippen LogP contribution >= 0.6 is 0 Å². The fourth-order valence-corrected chi connectivity index (χ4v) is 1.99. The zero-order valence-corrected chi connectivity index (χ0v) is 12.6. The summed E-state index contributed by atoms with van der Waals surface area (Å²) >= 11 is 0. The van der Waals surface area contributed by atoms with Gasteiger partial charge in [-0.3, -0.25) is 4.79 Å². The van der Waals surface area contributed by atoms with E-state index in [1.54, 1.807) is 10.9 Å². The normalized spacial score (nSPS) is 12.4. The summed E-state index contributed by atoms with van der Waals surface area (Å²) in [6.07, 6.45) is 1.01. The van der Waals surface area contributed by atoms with Gasteiger partial charge in [-0.15, -0.1) is 0 Å². The molecule has 0 radical (unpaired) electrons. The minimum Gasteiger partial charge on any atom is -0.391 e. The van der Waals surface area contributed by atoms with Crippen LogP contribution in [0.15, 0.2) is 36.5 Å². The first-order valence-corrected chi connectivity index (χ1v) is 7.07. The number of aliphatic hydroxyl groups is 1. The van der Waals surface area contributed by atoms with Crippen molar-refractivity contribution in [1.29, 1.82) is 0 Å². The molecule has 1 heterocycles. The third-order valence-electron chi connectivity index (χ3n) is 3.50. The molecule has 0 saturated heterocycles. The molecule has 0 saturated carbocycles. The predicted octanol–water partition coefficient (Wildman–Crippen LogP) is 1.93. The summed E-state index contributed by atoms with van der Waals surface area (Å²) in [7, 11) is 0. The second kappa shape index (κ2) is 6.54. The van der Waals surface area contributed by atoms with Gasteiger partial charge >= 0.3 is 0 Å². The number of nitrogens with one attached hydrogen (secondary N) is 1. The average molecular weight is 287 g/mol. The van der Waals surface area contributed by atoms with Gasteiger partial charge in [0.1, 0.15) is 0 Å². The molecule has 21 heavy (non-hydrogen) atoms. The Labute approximate surface area is 124 Å². The summed E-state index contributed by atoms with van der Waals surface area (Å²) in [6.45, 7) is 5.92. The van der Waals surface area contributed by atoms with Crippen LogP contribution in [0.4, 0.5) is 0 Å². The number of carbonyl (C=O) groups excluding carboxylic acids is 1. The summed E-state index contributed by atoms with van der Waals surface area (Å²) in [5, 5.41) is 16.7. The first kappa shape index (κ1) is 15.3. The summed E-state index contributed by atoms with van der Waals surface area (Å²) in [5.74, 6) is -0.104. The monoisotopic (exact) mass is 287 g/mol. The van der Waals surface area contributed by atoms with Crippen molar-refractivity contribution in [2.75, 3.05) is 6.54 Å². The minimum absolute atomic E-state index is 0.110. The van der Waals surface area contributed by atoms with Crippen molar-refractivity contribution in [3.63, 3.8) is 0 Å². The molecule has 1 aromatic carbocycles. The Morgan fingerprint density at radius 3 is 2.62 bits per heavy atom. The summed E-state index contributed by atoms with van der Waals surface area (Å²) in [6, 6.07) is 9.65. The molecule has 2 rings (SSSR count). The zero-order valence-electron chi connectivity index (χ0n) is 12.6. The molecule has 112 valence electrons. The lowest BCUT2D eigenvalue weighted by Gasteiger charge is -2.14. The Bertz CT molecular complexity index is 605. The van der Waals surface area contributed by atoms with Crippen molar-refractivity contribution in [1.82, 2.24) is 15.1 Å². The molecule has 0 aliphatic rings. The van der Waals surface area contributed by atoms with E-state index < -0.39 is 6.10 Å². The van der Waals surface area contributed by atoms with E-state index in [9.17, 15) is 9.90 Å². The van der Waals surface area contributed by atoms with Crippen molar-refractivity contribution in [3.05, 3.63) is 47.8 Å². The maximum atomic E-state index is 12.2. The molecule has 0 spiro atoms. The molecule has 5 heteroatoms. The van der Waals surface area contributed by atoms with E-state index in [0.29, 0.717) is 5.56 Å². The lowest BCUT2D eigenvalue weighted by molar-refractivity contribution is 0.0871. The number of rotatable bonds is 5. The molecule has 5 nitrogen and oxygen atoms in total. The van der Waals surface area contributed by atoms with Crippen LogP contribution < -0.4 is 5.32 Å². The highest BCUT2D eigenvalue weighted by Gasteiger charge is 2.16. The number of aliphatic hydroxyl groups excluding tert-OH is 1. The largest absolute Gasteiger partial charge is 0.391 e. The van der Waals surface area contributed by atoms with E-state index in [4.69, 9.17) is 0 Å². The van der Waals surface area contributed by atoms with Crippen molar-refractivity contribution in [2.45, 2.75) is 26.9 Å². The number of hydrogen-bond acceptors (Lipinski definition) is 3. The number of amides is 1. The minimum atomic E-state index is -0.543. The number of aromatic nitrogens is 2. The van der Waals surface area contributed by atoms with Gasteiger partial charge in [0, 0.05) is 6.54 Å². The molecule has 0 aliphatic carbocycles. The maximum absolute atomic E-state index is 12.2. The zero-order chi connectivity index (χ0) is 15.4. The Kier molecular flexibility index (Phi) is 4.75. The predicted molar refractivity (Wildman–Crippen MR) is 81.5 cm³/mol. The quantitative estimate of drug-likeness (QED) is 0.883. The standard InChI is InChI=1S/C16H21N3O2/c1-11(2)15(20)10-17-16(21)14-9-18-19(12(14)3)13-7-5-4-6-8-13/h4-9,11,15,20H,10H2,1-3H3,(H,17,21). The van der Waals surface area contributed by atoms with Crippen molar-refractivity contribution < 1.29 is 9.90 Å². The van der Waals surface area contributed by atoms with Crippen LogP contribution in [0, 0.1) is 12.8 Å². The number of nitrogens with zero attached hydrogens (tertiary/aromatic N) is 2. The summed E-state index contributed by atoms with van der Waals surface area (Å²) in [5.41, 5.74) is 2.21. The Morgan fingerprint density at radius 1 is 1.33 bits per heavy atom. The summed E-state index contributed by atoms with van der Waals surface area (Å²) in [4.78, 5) is 12.2. The van der Waals surface area contributed by atoms with E-state index in [0.717, 1.165) is 11.4 Å². The van der Waals surface area contributed by atoms with Gasteiger partial charge < -0.3 is 10.4 Å². The van der Waals surface area contributed by atoms with E-state index >= 15 is 0 Å². The molecule has 1 aromatic heterocycles. The van der Waals surface area contributed by atoms with Gasteiger partial charge in [0.05, 0.1) is 29.2 Å². The third kappa shape index (κ3) is 3.49. The topological polar surface area (TPSA) is 67.2 Å². The van der Waals surface area contributed by atoms with Crippen LogP contribution in [0.5, 0.6) is 0 Å². The maximum Gasteiger partial charge on any atom is 0.254 e. The fourth-order valence-electron chi connectivity index (χ4n) is 1.99. The number of carbonyl (C=O) groups is 1. The van der Waals surface area contributed by atoms with Crippen LogP contribution in [0.25, 0.3) is 5.69 Å². The van der Waals surface area contributed by atoms with Gasteiger partial charge in [-0.25, -0.2) is 4.68 Å². The van der Waals surface area contributed by atoms with Crippen molar-refractivity contribution >= 4 is 5.91 Å². The van der Waals surface area contributed by atoms with Crippen LogP contribution in [0.2, 0.25) is 0 Å². The van der Waals surface area contributed by atoms with Crippen LogP contribution in [0.1, 0.15) is 29.9 Å². The van der Waals surface area contributed by atoms with Crippen molar-refractivity contribution in [2.24, 2.45) is 5.92 Å². The van der Waals surface area contributed by atoms with E-state index in [-0.39, 0.29) is 18.4 Å². The third-order valence-corrected chi connectivity index (χ3v) is 3.50. The van der Waals surface area contributed by atoms with Gasteiger partial charge in [0.25, 0.3) is 5.91 Å². The van der Waals surface area contributed by atoms with Gasteiger partial charge in [0.15, 0.2) is 0 Å². The first-order chi connectivity index (χ1) is 10.0. The molecular weight excluding hydrogens is 266 g/mol. The van der Waals surface area contributed by atoms with Crippen LogP contribution in [-0.2, 0) is 0 Å². The van der Waals surface area contributed by atoms with Gasteiger partial charge in [-0.1, -0.05) is 32.0 Å². The second-order valence-corrected chi connectivity index (χ2v) is 5.41. The summed E-state index contributed by atoms with van der Waals surface area (Å²) < 4.78 is 1.73. The lowest BCUT2D eigenvalue weighted by Crippen LogP contribution is -2.34. The molecule has 0 fully saturated rings. The number of hydrogen-bond donors (Lipinski definition) is 2. The highest BCUT2D eigenvalue weighted by molar-refractivity contribution is 5.95. The SMILES string of the molecule is Cc1c(C(=O)NCC(O)C(C)C)cnn1-c1ccccc1. The van der Waals surface area contributed by atoms with Gasteiger partial charge in [-0.05, 0) is 25.0 Å². The Morgan fingerprint density at radius 2 is 2.00 bits per heavy atom. The molecule has 1 amide bonds. The van der Waals surface area contributed by atoms with Crippen LogP contribution in [-0.4, -0.2) is 33.4 Å². The van der Waals surface area contributed by atoms with E-state index in [1.165, 1.54) is 0 Å². The molecule has 2 aromatic rings. The number of benzene rings is 1. The highest BCUT2D eigenvalue weighted by atomic mass is 16.3. The fraction of sp³-hybridized carbons (Fsp3) is 0.375. The molecule has 0 bridgehead atoms. The second-order valence-electron chi connectivity index (χ2n) is 5.41. The van der Waals surface area contributed by atoms with E-state index in [2.05, 4.69) is 10.4 Å². The lowest BCUT2D eigenvalue weighted by atomic mass is 10.1. The molecule has 1 atom stereocenters.